The van der Waals surface area contributed by atoms with Crippen LogP contribution >= 0.6 is 0 Å². The van der Waals surface area contributed by atoms with Gasteiger partial charge in [-0.3, -0.25) is 0 Å². The summed E-state index contributed by atoms with van der Waals surface area (Å²) in [7, 11) is 0. The first-order valence-electron chi connectivity index (χ1n) is 11.1. The Bertz CT molecular complexity index is 1200. The molecule has 3 heteroatoms. The topological polar surface area (TPSA) is 26.0 Å². The van der Waals surface area contributed by atoms with E-state index in [2.05, 4.69) is 35.3 Å². The van der Waals surface area contributed by atoms with E-state index in [4.69, 9.17) is 4.42 Å². The zero-order valence-corrected chi connectivity index (χ0v) is 19.2. The van der Waals surface area contributed by atoms with E-state index in [0.29, 0.717) is 5.92 Å². The summed E-state index contributed by atoms with van der Waals surface area (Å²) in [6, 6.07) is 20.4. The van der Waals surface area contributed by atoms with Gasteiger partial charge in [0.1, 0.15) is 5.58 Å². The minimum atomic E-state index is 0. The van der Waals surface area contributed by atoms with Gasteiger partial charge in [0.2, 0.25) is 0 Å². The molecule has 4 aliphatic rings. The van der Waals surface area contributed by atoms with Crippen molar-refractivity contribution < 1.29 is 24.5 Å². The van der Waals surface area contributed by atoms with Crippen LogP contribution in [0.1, 0.15) is 43.6 Å². The number of furan rings is 1. The Morgan fingerprint density at radius 1 is 0.800 bits per heavy atom. The fourth-order valence-corrected chi connectivity index (χ4v) is 7.18. The van der Waals surface area contributed by atoms with Gasteiger partial charge in [-0.05, 0) is 79.0 Å². The van der Waals surface area contributed by atoms with Crippen LogP contribution in [0.3, 0.4) is 0 Å². The van der Waals surface area contributed by atoms with Crippen molar-refractivity contribution in [2.75, 3.05) is 0 Å². The average Bonchev–Trinajstić information content (AvgIpc) is 3.13. The average molecular weight is 571 g/mol. The molecule has 8 rings (SSSR count). The predicted octanol–water partition coefficient (Wildman–Crippen LogP) is 6.99. The maximum Gasteiger partial charge on any atom is 0.124 e. The first-order valence-corrected chi connectivity index (χ1v) is 11.1. The summed E-state index contributed by atoms with van der Waals surface area (Å²) in [6.45, 7) is 0. The maximum absolute atomic E-state index is 6.65. The van der Waals surface area contributed by atoms with Crippen LogP contribution in [0.25, 0.3) is 33.2 Å². The normalized spacial score (nSPS) is 29.4. The monoisotopic (exact) mass is 571 g/mol. The molecular weight excluding hydrogens is 547 g/mol. The molecule has 4 aromatic rings. The third kappa shape index (κ3) is 2.68. The van der Waals surface area contributed by atoms with Gasteiger partial charge in [-0.2, -0.15) is 0 Å². The standard InChI is InChI=1S/C27H24NO.Ir/c1-2-10-28-24(9-1)22-7-3-5-20-21-6-4-8-23(27(21)29-26(20)22)25-18-12-16-11-17(14-18)15-19(25)13-16;/h1-6,8-10,16-19,25H,11-15H2;/q-1;. The SMILES string of the molecule is [Ir].[c-]1ccc2c(oc3c(C4C5CC6CC(C5)CC4C6)cccc32)c1-c1ccccn1. The largest absolute Gasteiger partial charge is 0.500 e. The van der Waals surface area contributed by atoms with Crippen LogP contribution in [-0.4, -0.2) is 4.98 Å². The van der Waals surface area contributed by atoms with Crippen molar-refractivity contribution >= 4 is 21.9 Å². The van der Waals surface area contributed by atoms with Gasteiger partial charge >= 0.3 is 0 Å². The fraction of sp³-hybridized carbons (Fsp3) is 0.370. The Labute approximate surface area is 190 Å². The number of aromatic nitrogens is 1. The summed E-state index contributed by atoms with van der Waals surface area (Å²) in [5.74, 6) is 4.37. The van der Waals surface area contributed by atoms with E-state index in [9.17, 15) is 0 Å². The zero-order valence-electron chi connectivity index (χ0n) is 16.8. The number of benzene rings is 2. The van der Waals surface area contributed by atoms with Crippen molar-refractivity contribution in [3.05, 3.63) is 66.4 Å². The quantitative estimate of drug-likeness (QED) is 0.243. The first kappa shape index (κ1) is 18.8. The van der Waals surface area contributed by atoms with Gasteiger partial charge in [0.25, 0.3) is 0 Å². The van der Waals surface area contributed by atoms with Gasteiger partial charge in [-0.1, -0.05) is 41.3 Å². The summed E-state index contributed by atoms with van der Waals surface area (Å²) >= 11 is 0. The molecule has 4 aliphatic carbocycles. The summed E-state index contributed by atoms with van der Waals surface area (Å²) in [6.07, 6.45) is 9.06. The molecule has 2 heterocycles. The Hall–Kier alpha value is -1.96. The van der Waals surface area contributed by atoms with Gasteiger partial charge in [0.05, 0.1) is 5.58 Å². The number of rotatable bonds is 2. The Balaban J connectivity index is 0.00000175. The molecule has 4 fully saturated rings. The minimum Gasteiger partial charge on any atom is -0.500 e. The molecule has 2 aromatic carbocycles. The Morgan fingerprint density at radius 3 is 2.30 bits per heavy atom. The molecule has 0 spiro atoms. The van der Waals surface area contributed by atoms with E-state index in [1.165, 1.54) is 48.4 Å². The van der Waals surface area contributed by atoms with E-state index in [1.807, 2.05) is 30.5 Å². The molecule has 153 valence electrons. The number of nitrogens with zero attached hydrogens (tertiary/aromatic N) is 1. The molecule has 4 saturated carbocycles. The second-order valence-electron chi connectivity index (χ2n) is 9.59. The number of para-hydroxylation sites is 1. The van der Waals surface area contributed by atoms with Crippen LogP contribution in [0, 0.1) is 29.7 Å². The van der Waals surface area contributed by atoms with Crippen LogP contribution in [0.5, 0.6) is 0 Å². The Kier molecular flexibility index (Phi) is 4.41. The maximum atomic E-state index is 6.65. The minimum absolute atomic E-state index is 0. The molecule has 2 nitrogen and oxygen atoms in total. The smallest absolute Gasteiger partial charge is 0.124 e. The summed E-state index contributed by atoms with van der Waals surface area (Å²) in [5, 5.41) is 2.43. The van der Waals surface area contributed by atoms with Crippen molar-refractivity contribution in [2.24, 2.45) is 23.7 Å². The zero-order chi connectivity index (χ0) is 18.9. The van der Waals surface area contributed by atoms with E-state index >= 15 is 0 Å². The second kappa shape index (κ2) is 7.04. The van der Waals surface area contributed by atoms with Gasteiger partial charge in [-0.25, -0.2) is 0 Å². The fourth-order valence-electron chi connectivity index (χ4n) is 7.18. The van der Waals surface area contributed by atoms with Gasteiger partial charge in [-0.15, -0.1) is 18.2 Å². The summed E-state index contributed by atoms with van der Waals surface area (Å²) in [5.41, 5.74) is 5.39. The summed E-state index contributed by atoms with van der Waals surface area (Å²) < 4.78 is 6.65. The molecule has 0 N–H and O–H groups in total. The number of hydrogen-bond acceptors (Lipinski definition) is 2. The van der Waals surface area contributed by atoms with Gasteiger partial charge in [0.15, 0.2) is 0 Å². The number of fused-ring (bicyclic) bond motifs is 3. The molecule has 0 unspecified atom stereocenters. The second-order valence-corrected chi connectivity index (χ2v) is 9.59. The van der Waals surface area contributed by atoms with Crippen molar-refractivity contribution in [3.63, 3.8) is 0 Å². The molecule has 0 aliphatic heterocycles. The van der Waals surface area contributed by atoms with Crippen molar-refractivity contribution in [3.8, 4) is 11.3 Å². The molecule has 1 radical (unpaired) electrons. The number of hydrogen-bond donors (Lipinski definition) is 0. The van der Waals surface area contributed by atoms with Crippen molar-refractivity contribution in [1.29, 1.82) is 0 Å². The third-order valence-corrected chi connectivity index (χ3v) is 8.00. The summed E-state index contributed by atoms with van der Waals surface area (Å²) in [4.78, 5) is 4.55. The van der Waals surface area contributed by atoms with E-state index in [0.717, 1.165) is 46.1 Å². The van der Waals surface area contributed by atoms with E-state index in [-0.39, 0.29) is 20.1 Å². The van der Waals surface area contributed by atoms with Crippen LogP contribution in [0.15, 0.2) is 59.1 Å². The van der Waals surface area contributed by atoms with Crippen LogP contribution in [0.4, 0.5) is 0 Å². The molecule has 30 heavy (non-hydrogen) atoms. The predicted molar refractivity (Wildman–Crippen MR) is 116 cm³/mol. The molecular formula is C27H24IrNO-. The van der Waals surface area contributed by atoms with E-state index < -0.39 is 0 Å². The molecule has 0 saturated heterocycles. The molecule has 0 atom stereocenters. The molecule has 2 aromatic heterocycles. The van der Waals surface area contributed by atoms with E-state index in [1.54, 1.807) is 0 Å². The van der Waals surface area contributed by atoms with Crippen molar-refractivity contribution in [2.45, 2.75) is 38.0 Å². The Morgan fingerprint density at radius 2 is 1.57 bits per heavy atom. The molecule has 4 bridgehead atoms. The van der Waals surface area contributed by atoms with Crippen LogP contribution < -0.4 is 0 Å². The third-order valence-electron chi connectivity index (χ3n) is 8.00. The molecule has 0 amide bonds. The number of pyridine rings is 1. The van der Waals surface area contributed by atoms with Gasteiger partial charge in [0, 0.05) is 31.7 Å². The van der Waals surface area contributed by atoms with Crippen LogP contribution in [0.2, 0.25) is 0 Å². The van der Waals surface area contributed by atoms with Crippen molar-refractivity contribution in [1.82, 2.24) is 4.98 Å². The first-order chi connectivity index (χ1) is 14.3. The van der Waals surface area contributed by atoms with Crippen LogP contribution in [-0.2, 0) is 20.1 Å². The van der Waals surface area contributed by atoms with Gasteiger partial charge < -0.3 is 9.40 Å².